The van der Waals surface area contributed by atoms with Crippen LogP contribution in [-0.4, -0.2) is 24.1 Å². The van der Waals surface area contributed by atoms with Gasteiger partial charge in [-0.3, -0.25) is 4.79 Å². The van der Waals surface area contributed by atoms with Crippen molar-refractivity contribution in [2.45, 2.75) is 18.0 Å². The van der Waals surface area contributed by atoms with Gasteiger partial charge >= 0.3 is 6.18 Å². The largest absolute Gasteiger partial charge is 0.434 e. The van der Waals surface area contributed by atoms with E-state index in [1.54, 1.807) is 10.8 Å². The first-order valence-electron chi connectivity index (χ1n) is 8.15. The number of nitrogens with zero attached hydrogens (tertiary/aromatic N) is 2. The van der Waals surface area contributed by atoms with Crippen LogP contribution in [0.15, 0.2) is 53.6 Å². The smallest absolute Gasteiger partial charge is 0.268 e. The molecule has 2 aromatic carbocycles. The summed E-state index contributed by atoms with van der Waals surface area (Å²) in [4.78, 5) is 12.2. The van der Waals surface area contributed by atoms with E-state index in [4.69, 9.17) is 23.2 Å². The molecular formula is C18H12Cl2F3N3O3S. The first-order valence-corrected chi connectivity index (χ1v) is 10.4. The van der Waals surface area contributed by atoms with Crippen LogP contribution >= 0.6 is 23.2 Å². The van der Waals surface area contributed by atoms with E-state index < -0.39 is 33.4 Å². The number of carbonyl (C=O) groups is 1. The maximum absolute atomic E-state index is 13.8. The molecule has 1 N–H and O–H groups in total. The highest BCUT2D eigenvalue weighted by atomic mass is 35.5. The summed E-state index contributed by atoms with van der Waals surface area (Å²) in [6, 6.07) is 9.28. The van der Waals surface area contributed by atoms with Gasteiger partial charge in [-0.2, -0.15) is 18.3 Å². The summed E-state index contributed by atoms with van der Waals surface area (Å²) in [6.07, 6.45) is -4.39. The highest BCUT2D eigenvalue weighted by molar-refractivity contribution is 7.90. The Morgan fingerprint density at radius 2 is 1.70 bits per heavy atom. The van der Waals surface area contributed by atoms with E-state index in [-0.39, 0.29) is 20.6 Å². The predicted octanol–water partition coefficient (Wildman–Crippen LogP) is 4.63. The maximum Gasteiger partial charge on any atom is 0.434 e. The number of benzene rings is 2. The normalized spacial score (nSPS) is 12.1. The minimum absolute atomic E-state index is 0.0152. The molecule has 0 atom stereocenters. The number of rotatable bonds is 4. The third-order valence-corrected chi connectivity index (χ3v) is 6.10. The summed E-state index contributed by atoms with van der Waals surface area (Å²) in [6.45, 7) is 1.49. The van der Waals surface area contributed by atoms with Crippen LogP contribution < -0.4 is 4.72 Å². The van der Waals surface area contributed by atoms with Crippen molar-refractivity contribution in [1.82, 2.24) is 14.5 Å². The van der Waals surface area contributed by atoms with Gasteiger partial charge in [0.25, 0.3) is 15.9 Å². The Morgan fingerprint density at radius 1 is 1.10 bits per heavy atom. The fourth-order valence-corrected chi connectivity index (χ4v) is 4.03. The van der Waals surface area contributed by atoms with Crippen molar-refractivity contribution in [2.24, 2.45) is 0 Å². The van der Waals surface area contributed by atoms with Gasteiger partial charge in [0, 0.05) is 0 Å². The molecule has 158 valence electrons. The lowest BCUT2D eigenvalue weighted by Gasteiger charge is -2.15. The van der Waals surface area contributed by atoms with Crippen LogP contribution in [0.3, 0.4) is 0 Å². The van der Waals surface area contributed by atoms with Crippen molar-refractivity contribution in [1.29, 1.82) is 0 Å². The Labute approximate surface area is 179 Å². The standard InChI is InChI=1S/C18H12Cl2F3N3O3S/c1-10-7-13(19)14(20)8-15(10)26-16(18(21,22)23)12(9-24-26)17(27)25-30(28,29)11-5-3-2-4-6-11/h2-9H,1H3,(H,25,27). The van der Waals surface area contributed by atoms with E-state index in [0.29, 0.717) is 16.4 Å². The summed E-state index contributed by atoms with van der Waals surface area (Å²) in [5.41, 5.74) is -2.18. The summed E-state index contributed by atoms with van der Waals surface area (Å²) in [5, 5.41) is 3.76. The Hall–Kier alpha value is -2.56. The molecule has 3 aromatic rings. The third kappa shape index (κ3) is 4.30. The summed E-state index contributed by atoms with van der Waals surface area (Å²) < 4.78 is 68.2. The van der Waals surface area contributed by atoms with E-state index >= 15 is 0 Å². The summed E-state index contributed by atoms with van der Waals surface area (Å²) in [7, 11) is -4.39. The van der Waals surface area contributed by atoms with Crippen LogP contribution in [-0.2, 0) is 16.2 Å². The second-order valence-electron chi connectivity index (χ2n) is 6.12. The number of aromatic nitrogens is 2. The zero-order valence-electron chi connectivity index (χ0n) is 15.0. The van der Waals surface area contributed by atoms with Crippen LogP contribution in [0.1, 0.15) is 21.6 Å². The van der Waals surface area contributed by atoms with E-state index in [0.717, 1.165) is 0 Å². The van der Waals surface area contributed by atoms with Gasteiger partial charge in [0.1, 0.15) is 0 Å². The SMILES string of the molecule is Cc1cc(Cl)c(Cl)cc1-n1ncc(C(=O)NS(=O)(=O)c2ccccc2)c1C(F)(F)F. The molecule has 0 fully saturated rings. The molecule has 6 nitrogen and oxygen atoms in total. The number of amides is 1. The van der Waals surface area contributed by atoms with Crippen molar-refractivity contribution in [3.63, 3.8) is 0 Å². The lowest BCUT2D eigenvalue weighted by atomic mass is 10.1. The first kappa shape index (κ1) is 22.1. The molecule has 0 aliphatic heterocycles. The lowest BCUT2D eigenvalue weighted by Crippen LogP contribution is -2.32. The molecule has 0 radical (unpaired) electrons. The van der Waals surface area contributed by atoms with Crippen molar-refractivity contribution in [3.05, 3.63) is 75.5 Å². The van der Waals surface area contributed by atoms with E-state index in [1.807, 2.05) is 0 Å². The van der Waals surface area contributed by atoms with Crippen molar-refractivity contribution in [2.75, 3.05) is 0 Å². The summed E-state index contributed by atoms with van der Waals surface area (Å²) in [5.74, 6) is -1.48. The fourth-order valence-electron chi connectivity index (χ4n) is 2.67. The highest BCUT2D eigenvalue weighted by Crippen LogP contribution is 2.36. The number of alkyl halides is 3. The van der Waals surface area contributed by atoms with Gasteiger partial charge in [0.15, 0.2) is 5.69 Å². The van der Waals surface area contributed by atoms with Gasteiger partial charge in [0.2, 0.25) is 0 Å². The number of nitrogens with one attached hydrogen (secondary N) is 1. The van der Waals surface area contributed by atoms with Crippen molar-refractivity contribution < 1.29 is 26.4 Å². The molecule has 12 heteroatoms. The molecule has 1 heterocycles. The van der Waals surface area contributed by atoms with E-state index in [1.165, 1.54) is 43.3 Å². The Kier molecular flexibility index (Phi) is 5.85. The predicted molar refractivity (Wildman–Crippen MR) is 104 cm³/mol. The number of hydrogen-bond donors (Lipinski definition) is 1. The quantitative estimate of drug-likeness (QED) is 0.594. The highest BCUT2D eigenvalue weighted by Gasteiger charge is 2.41. The van der Waals surface area contributed by atoms with Crippen LogP contribution in [0.4, 0.5) is 13.2 Å². The Balaban J connectivity index is 2.09. The molecule has 0 spiro atoms. The minimum Gasteiger partial charge on any atom is -0.268 e. The summed E-state index contributed by atoms with van der Waals surface area (Å²) >= 11 is 11.8. The lowest BCUT2D eigenvalue weighted by molar-refractivity contribution is -0.143. The number of carbonyl (C=O) groups excluding carboxylic acids is 1. The Morgan fingerprint density at radius 3 is 2.30 bits per heavy atom. The molecule has 1 amide bonds. The number of sulfonamides is 1. The average Bonchev–Trinajstić information content (AvgIpc) is 3.10. The molecule has 0 bridgehead atoms. The van der Waals surface area contributed by atoms with Crippen LogP contribution in [0, 0.1) is 6.92 Å². The van der Waals surface area contributed by atoms with Crippen LogP contribution in [0.25, 0.3) is 5.69 Å². The monoisotopic (exact) mass is 477 g/mol. The molecule has 0 aliphatic rings. The zero-order valence-corrected chi connectivity index (χ0v) is 17.4. The first-order chi connectivity index (χ1) is 13.9. The van der Waals surface area contributed by atoms with Gasteiger partial charge in [-0.25, -0.2) is 17.8 Å². The zero-order chi connectivity index (χ0) is 22.3. The second-order valence-corrected chi connectivity index (χ2v) is 8.61. The number of halogens is 5. The van der Waals surface area contributed by atoms with Crippen molar-refractivity contribution in [3.8, 4) is 5.69 Å². The topological polar surface area (TPSA) is 81.1 Å². The molecule has 3 rings (SSSR count). The molecule has 0 aliphatic carbocycles. The van der Waals surface area contributed by atoms with Crippen molar-refractivity contribution >= 4 is 39.1 Å². The van der Waals surface area contributed by atoms with Gasteiger partial charge in [-0.05, 0) is 36.8 Å². The maximum atomic E-state index is 13.8. The molecule has 30 heavy (non-hydrogen) atoms. The molecule has 0 unspecified atom stereocenters. The average molecular weight is 478 g/mol. The Bertz CT molecular complexity index is 1230. The number of hydrogen-bond acceptors (Lipinski definition) is 4. The van der Waals surface area contributed by atoms with Gasteiger partial charge in [0.05, 0.1) is 32.4 Å². The minimum atomic E-state index is -5.03. The van der Waals surface area contributed by atoms with E-state index in [2.05, 4.69) is 5.10 Å². The van der Waals surface area contributed by atoms with E-state index in [9.17, 15) is 26.4 Å². The molecule has 1 aromatic heterocycles. The fraction of sp³-hybridized carbons (Fsp3) is 0.111. The molecular weight excluding hydrogens is 466 g/mol. The third-order valence-electron chi connectivity index (χ3n) is 4.03. The van der Waals surface area contributed by atoms with Crippen LogP contribution in [0.2, 0.25) is 10.0 Å². The van der Waals surface area contributed by atoms with Crippen LogP contribution in [0.5, 0.6) is 0 Å². The molecule has 0 saturated carbocycles. The second kappa shape index (κ2) is 7.93. The molecule has 0 saturated heterocycles. The van der Waals surface area contributed by atoms with Gasteiger partial charge in [-0.15, -0.1) is 0 Å². The number of aryl methyl sites for hydroxylation is 1. The van der Waals surface area contributed by atoms with Gasteiger partial charge < -0.3 is 0 Å². The van der Waals surface area contributed by atoms with Gasteiger partial charge in [-0.1, -0.05) is 41.4 Å².